The third-order valence-corrected chi connectivity index (χ3v) is 6.41. The highest BCUT2D eigenvalue weighted by atomic mass is 32.1. The fourth-order valence-electron chi connectivity index (χ4n) is 3.62. The van der Waals surface area contributed by atoms with Crippen molar-refractivity contribution in [1.82, 2.24) is 15.0 Å². The third-order valence-electron chi connectivity index (χ3n) is 5.49. The molecule has 0 radical (unpaired) electrons. The molecule has 5 aromatic rings. The van der Waals surface area contributed by atoms with Gasteiger partial charge >= 0.3 is 0 Å². The molecular formula is C27H21N5O2S. The first kappa shape index (κ1) is 22.2. The van der Waals surface area contributed by atoms with Crippen LogP contribution in [0, 0.1) is 0 Å². The Balaban J connectivity index is 1.27. The Bertz CT molecular complexity index is 1480. The molecule has 0 aliphatic rings. The number of benzene rings is 3. The number of hydrogen-bond acceptors (Lipinski definition) is 6. The van der Waals surface area contributed by atoms with Gasteiger partial charge in [0.1, 0.15) is 12.2 Å². The molecule has 0 aliphatic heterocycles. The van der Waals surface area contributed by atoms with Crippen LogP contribution in [-0.4, -0.2) is 26.7 Å². The largest absolute Gasteiger partial charge is 0.397 e. The summed E-state index contributed by atoms with van der Waals surface area (Å²) in [6.45, 7) is 0.101. The Morgan fingerprint density at radius 1 is 0.886 bits per heavy atom. The Hall–Kier alpha value is -4.56. The minimum Gasteiger partial charge on any atom is -0.397 e. The van der Waals surface area contributed by atoms with Gasteiger partial charge in [0.05, 0.1) is 17.6 Å². The van der Waals surface area contributed by atoms with Crippen molar-refractivity contribution in [3.05, 3.63) is 108 Å². The number of Topliss-reactive ketones (excluding diaryl/α,β-unsaturated/α-hetero) is 1. The molecular weight excluding hydrogens is 458 g/mol. The minimum atomic E-state index is -0.260. The Labute approximate surface area is 205 Å². The summed E-state index contributed by atoms with van der Waals surface area (Å²) >= 11 is 1.62. The molecule has 0 saturated heterocycles. The van der Waals surface area contributed by atoms with Crippen molar-refractivity contribution in [3.8, 4) is 21.7 Å². The van der Waals surface area contributed by atoms with Crippen LogP contribution in [0.25, 0.3) is 21.7 Å². The molecule has 1 amide bonds. The molecule has 35 heavy (non-hydrogen) atoms. The van der Waals surface area contributed by atoms with Crippen molar-refractivity contribution in [2.24, 2.45) is 0 Å². The summed E-state index contributed by atoms with van der Waals surface area (Å²) in [6, 6.07) is 25.7. The number of carbonyl (C=O) groups is 2. The van der Waals surface area contributed by atoms with Crippen LogP contribution in [0.5, 0.6) is 0 Å². The van der Waals surface area contributed by atoms with E-state index < -0.39 is 0 Å². The average Bonchev–Trinajstić information content (AvgIpc) is 3.59. The van der Waals surface area contributed by atoms with Crippen molar-refractivity contribution >= 4 is 34.4 Å². The average molecular weight is 480 g/mol. The zero-order valence-corrected chi connectivity index (χ0v) is 19.4. The van der Waals surface area contributed by atoms with Crippen molar-refractivity contribution in [1.29, 1.82) is 0 Å². The molecule has 0 fully saturated rings. The number of amides is 1. The number of nitrogens with zero attached hydrogens (tertiary/aromatic N) is 3. The van der Waals surface area contributed by atoms with E-state index in [1.54, 1.807) is 60.0 Å². The molecule has 5 rings (SSSR count). The summed E-state index contributed by atoms with van der Waals surface area (Å²) < 4.78 is 1.51. The molecule has 3 N–H and O–H groups in total. The Morgan fingerprint density at radius 3 is 2.40 bits per heavy atom. The second-order valence-electron chi connectivity index (χ2n) is 7.90. The van der Waals surface area contributed by atoms with E-state index in [9.17, 15) is 9.59 Å². The fraction of sp³-hybridized carbons (Fsp3) is 0.0370. The quantitative estimate of drug-likeness (QED) is 0.241. The number of aromatic nitrogens is 3. The van der Waals surface area contributed by atoms with Gasteiger partial charge in [-0.25, -0.2) is 4.68 Å². The van der Waals surface area contributed by atoms with E-state index in [1.807, 2.05) is 47.8 Å². The molecule has 7 nitrogen and oxygen atoms in total. The molecule has 2 aromatic heterocycles. The third kappa shape index (κ3) is 5.02. The number of thiophene rings is 1. The maximum absolute atomic E-state index is 12.8. The Morgan fingerprint density at radius 2 is 1.66 bits per heavy atom. The van der Waals surface area contributed by atoms with E-state index in [-0.39, 0.29) is 18.2 Å². The van der Waals surface area contributed by atoms with Gasteiger partial charge in [-0.1, -0.05) is 59.8 Å². The van der Waals surface area contributed by atoms with E-state index >= 15 is 0 Å². The van der Waals surface area contributed by atoms with Gasteiger partial charge in [-0.15, -0.1) is 16.4 Å². The van der Waals surface area contributed by atoms with Gasteiger partial charge in [0, 0.05) is 21.6 Å². The van der Waals surface area contributed by atoms with Crippen molar-refractivity contribution in [2.45, 2.75) is 6.54 Å². The van der Waals surface area contributed by atoms with Crippen LogP contribution in [0.3, 0.4) is 0 Å². The lowest BCUT2D eigenvalue weighted by molar-refractivity contribution is 0.0966. The monoisotopic (exact) mass is 479 g/mol. The van der Waals surface area contributed by atoms with Crippen LogP contribution >= 0.6 is 11.3 Å². The number of rotatable bonds is 7. The lowest BCUT2D eigenvalue weighted by atomic mass is 10.1. The highest BCUT2D eigenvalue weighted by Gasteiger charge is 2.12. The van der Waals surface area contributed by atoms with Crippen molar-refractivity contribution in [2.75, 3.05) is 11.1 Å². The molecule has 3 aromatic carbocycles. The zero-order valence-electron chi connectivity index (χ0n) is 18.6. The summed E-state index contributed by atoms with van der Waals surface area (Å²) in [7, 11) is 0. The normalized spacial score (nSPS) is 10.7. The van der Waals surface area contributed by atoms with E-state index in [0.29, 0.717) is 28.2 Å². The van der Waals surface area contributed by atoms with E-state index in [4.69, 9.17) is 5.73 Å². The molecule has 2 heterocycles. The maximum Gasteiger partial charge on any atom is 0.255 e. The number of nitrogens with two attached hydrogens (primary N) is 1. The van der Waals surface area contributed by atoms with Gasteiger partial charge in [-0.05, 0) is 41.3 Å². The van der Waals surface area contributed by atoms with Gasteiger partial charge in [-0.3, -0.25) is 9.59 Å². The van der Waals surface area contributed by atoms with E-state index in [1.165, 1.54) is 4.68 Å². The molecule has 172 valence electrons. The molecule has 0 spiro atoms. The van der Waals surface area contributed by atoms with E-state index in [0.717, 1.165) is 16.0 Å². The second-order valence-corrected chi connectivity index (χ2v) is 8.85. The van der Waals surface area contributed by atoms with Gasteiger partial charge in [0.25, 0.3) is 5.91 Å². The maximum atomic E-state index is 12.8. The highest BCUT2D eigenvalue weighted by molar-refractivity contribution is 7.13. The molecule has 0 atom stereocenters. The van der Waals surface area contributed by atoms with Gasteiger partial charge in [0.2, 0.25) is 0 Å². The first-order valence-electron chi connectivity index (χ1n) is 10.9. The van der Waals surface area contributed by atoms with E-state index in [2.05, 4.69) is 15.6 Å². The number of anilines is 2. The molecule has 0 unspecified atom stereocenters. The number of ketones is 1. The number of nitrogen functional groups attached to an aromatic ring is 1. The fourth-order valence-corrected chi connectivity index (χ4v) is 4.34. The highest BCUT2D eigenvalue weighted by Crippen LogP contribution is 2.30. The smallest absolute Gasteiger partial charge is 0.255 e. The molecule has 0 bridgehead atoms. The lowest BCUT2D eigenvalue weighted by Crippen LogP contribution is -2.13. The van der Waals surface area contributed by atoms with Crippen LogP contribution in [0.2, 0.25) is 0 Å². The summed E-state index contributed by atoms with van der Waals surface area (Å²) in [4.78, 5) is 26.3. The summed E-state index contributed by atoms with van der Waals surface area (Å²) in [5, 5.41) is 13.1. The number of carbonyl (C=O) groups excluding carboxylic acids is 2. The summed E-state index contributed by atoms with van der Waals surface area (Å²) in [6.07, 6.45) is 1.71. The van der Waals surface area contributed by atoms with Crippen LogP contribution in [0.15, 0.2) is 96.5 Å². The number of nitrogens with one attached hydrogen (secondary N) is 1. The first-order chi connectivity index (χ1) is 17.1. The molecule has 8 heteroatoms. The van der Waals surface area contributed by atoms with Gasteiger partial charge < -0.3 is 11.1 Å². The van der Waals surface area contributed by atoms with Crippen LogP contribution in [-0.2, 0) is 6.54 Å². The topological polar surface area (TPSA) is 103 Å². The zero-order chi connectivity index (χ0) is 24.2. The standard InChI is InChI=1S/C27H21N5O2S/c28-22-13-12-21(26-7-4-14-35-26)15-23(22)29-27(34)20-10-8-18(9-11-20)24-16-32(31-30-24)17-25(33)19-5-2-1-3-6-19/h1-16H,17,28H2,(H,29,34). The SMILES string of the molecule is Nc1ccc(-c2cccs2)cc1NC(=O)c1ccc(-c2cn(CC(=O)c3ccccc3)nn2)cc1. The Kier molecular flexibility index (Phi) is 6.19. The van der Waals surface area contributed by atoms with Crippen LogP contribution < -0.4 is 11.1 Å². The predicted molar refractivity (Wildman–Crippen MR) is 138 cm³/mol. The van der Waals surface area contributed by atoms with Crippen molar-refractivity contribution < 1.29 is 9.59 Å². The van der Waals surface area contributed by atoms with Gasteiger partial charge in [0.15, 0.2) is 5.78 Å². The first-order valence-corrected chi connectivity index (χ1v) is 11.8. The summed E-state index contributed by atoms with van der Waals surface area (Å²) in [5.74, 6) is -0.305. The van der Waals surface area contributed by atoms with Crippen LogP contribution in [0.1, 0.15) is 20.7 Å². The second kappa shape index (κ2) is 9.74. The lowest BCUT2D eigenvalue weighted by Gasteiger charge is -2.10. The van der Waals surface area contributed by atoms with Gasteiger partial charge in [-0.2, -0.15) is 0 Å². The molecule has 0 saturated carbocycles. The summed E-state index contributed by atoms with van der Waals surface area (Å²) in [5.41, 5.74) is 10.7. The number of hydrogen-bond donors (Lipinski definition) is 2. The van der Waals surface area contributed by atoms with Crippen molar-refractivity contribution in [3.63, 3.8) is 0 Å². The molecule has 0 aliphatic carbocycles. The minimum absolute atomic E-state index is 0.0449. The van der Waals surface area contributed by atoms with Crippen LogP contribution in [0.4, 0.5) is 11.4 Å². The predicted octanol–water partition coefficient (Wildman–Crippen LogP) is 5.39.